The van der Waals surface area contributed by atoms with Crippen molar-refractivity contribution in [2.45, 2.75) is 47.1 Å². The Bertz CT molecular complexity index is 636. The number of fused-ring (bicyclic) bond motifs is 1. The van der Waals surface area contributed by atoms with Gasteiger partial charge in [0, 0.05) is 13.0 Å². The van der Waals surface area contributed by atoms with Crippen LogP contribution in [0.5, 0.6) is 0 Å². The van der Waals surface area contributed by atoms with E-state index in [0.717, 1.165) is 36.2 Å². The first-order chi connectivity index (χ1) is 9.31. The smallest absolute Gasteiger partial charge is 0.335 e. The number of rotatable bonds is 4. The standard InChI is InChI=1S/C16H22N2O2/c1-5-14-17-12-10-11(15(19)20)6-7-13(12)18(14)9-8-16(2,3)4/h6-7,10H,5,8-9H2,1-4H3,(H,19,20). The third kappa shape index (κ3) is 3.00. The molecule has 0 fully saturated rings. The molecule has 0 saturated heterocycles. The van der Waals surface area contributed by atoms with Gasteiger partial charge >= 0.3 is 5.97 Å². The molecule has 0 radical (unpaired) electrons. The second-order valence-corrected chi connectivity index (χ2v) is 6.35. The first-order valence-electron chi connectivity index (χ1n) is 7.04. The van der Waals surface area contributed by atoms with Gasteiger partial charge in [0.25, 0.3) is 0 Å². The summed E-state index contributed by atoms with van der Waals surface area (Å²) in [5, 5.41) is 9.05. The molecule has 1 heterocycles. The van der Waals surface area contributed by atoms with Crippen LogP contribution in [-0.2, 0) is 13.0 Å². The lowest BCUT2D eigenvalue weighted by Crippen LogP contribution is -2.12. The average molecular weight is 274 g/mol. The highest BCUT2D eigenvalue weighted by atomic mass is 16.4. The fraction of sp³-hybridized carbons (Fsp3) is 0.500. The predicted molar refractivity (Wildman–Crippen MR) is 80.1 cm³/mol. The minimum absolute atomic E-state index is 0.266. The van der Waals surface area contributed by atoms with Crippen LogP contribution < -0.4 is 0 Å². The Morgan fingerprint density at radius 1 is 1.35 bits per heavy atom. The summed E-state index contributed by atoms with van der Waals surface area (Å²) in [7, 11) is 0. The molecule has 0 aliphatic carbocycles. The van der Waals surface area contributed by atoms with Gasteiger partial charge in [0.1, 0.15) is 5.82 Å². The summed E-state index contributed by atoms with van der Waals surface area (Å²) in [5.74, 6) is 0.112. The van der Waals surface area contributed by atoms with E-state index in [4.69, 9.17) is 5.11 Å². The molecule has 1 aromatic heterocycles. The number of hydrogen-bond donors (Lipinski definition) is 1. The SMILES string of the molecule is CCc1nc2cc(C(=O)O)ccc2n1CCC(C)(C)C. The van der Waals surface area contributed by atoms with Gasteiger partial charge < -0.3 is 9.67 Å². The monoisotopic (exact) mass is 274 g/mol. The summed E-state index contributed by atoms with van der Waals surface area (Å²) in [6.45, 7) is 9.66. The van der Waals surface area contributed by atoms with Crippen molar-refractivity contribution in [1.82, 2.24) is 9.55 Å². The average Bonchev–Trinajstić information content (AvgIpc) is 2.72. The van der Waals surface area contributed by atoms with E-state index in [1.54, 1.807) is 12.1 Å². The highest BCUT2D eigenvalue weighted by molar-refractivity contribution is 5.92. The van der Waals surface area contributed by atoms with Crippen LogP contribution in [0.15, 0.2) is 18.2 Å². The number of hydrogen-bond acceptors (Lipinski definition) is 2. The van der Waals surface area contributed by atoms with E-state index >= 15 is 0 Å². The zero-order valence-corrected chi connectivity index (χ0v) is 12.6. The van der Waals surface area contributed by atoms with Crippen LogP contribution in [0, 0.1) is 5.41 Å². The maximum Gasteiger partial charge on any atom is 0.335 e. The lowest BCUT2D eigenvalue weighted by Gasteiger charge is -2.19. The van der Waals surface area contributed by atoms with Gasteiger partial charge in [-0.05, 0) is 30.0 Å². The van der Waals surface area contributed by atoms with E-state index < -0.39 is 5.97 Å². The van der Waals surface area contributed by atoms with E-state index in [2.05, 4.69) is 37.2 Å². The summed E-state index contributed by atoms with van der Waals surface area (Å²) in [6.07, 6.45) is 1.91. The number of benzene rings is 1. The normalized spacial score (nSPS) is 12.0. The molecule has 0 unspecified atom stereocenters. The number of imidazole rings is 1. The first kappa shape index (κ1) is 14.6. The third-order valence-corrected chi connectivity index (χ3v) is 3.48. The molecule has 0 aliphatic heterocycles. The predicted octanol–water partition coefficient (Wildman–Crippen LogP) is 3.73. The van der Waals surface area contributed by atoms with Crippen LogP contribution in [0.3, 0.4) is 0 Å². The summed E-state index contributed by atoms with van der Waals surface area (Å²) in [5.41, 5.74) is 2.36. The Morgan fingerprint density at radius 2 is 2.05 bits per heavy atom. The van der Waals surface area contributed by atoms with Crippen molar-refractivity contribution in [3.05, 3.63) is 29.6 Å². The van der Waals surface area contributed by atoms with Crippen LogP contribution in [0.2, 0.25) is 0 Å². The molecule has 2 rings (SSSR count). The van der Waals surface area contributed by atoms with Crippen LogP contribution in [0.4, 0.5) is 0 Å². The number of aromatic carboxylic acids is 1. The Kier molecular flexibility index (Phi) is 3.84. The largest absolute Gasteiger partial charge is 0.478 e. The molecule has 0 atom stereocenters. The summed E-state index contributed by atoms with van der Waals surface area (Å²) < 4.78 is 2.21. The van der Waals surface area contributed by atoms with Gasteiger partial charge in [0.2, 0.25) is 0 Å². The number of carbonyl (C=O) groups is 1. The van der Waals surface area contributed by atoms with Crippen LogP contribution >= 0.6 is 0 Å². The van der Waals surface area contributed by atoms with Gasteiger partial charge in [-0.1, -0.05) is 27.7 Å². The minimum Gasteiger partial charge on any atom is -0.478 e. The van der Waals surface area contributed by atoms with Gasteiger partial charge in [-0.3, -0.25) is 0 Å². The molecule has 4 nitrogen and oxygen atoms in total. The zero-order chi connectivity index (χ0) is 14.9. The van der Waals surface area contributed by atoms with E-state index in [1.165, 1.54) is 0 Å². The van der Waals surface area contributed by atoms with Crippen molar-refractivity contribution in [3.63, 3.8) is 0 Å². The van der Waals surface area contributed by atoms with Crippen LogP contribution in [-0.4, -0.2) is 20.6 Å². The third-order valence-electron chi connectivity index (χ3n) is 3.48. The molecule has 2 aromatic rings. The first-order valence-corrected chi connectivity index (χ1v) is 7.04. The van der Waals surface area contributed by atoms with Crippen molar-refractivity contribution in [2.24, 2.45) is 5.41 Å². The van der Waals surface area contributed by atoms with Gasteiger partial charge in [0.15, 0.2) is 0 Å². The van der Waals surface area contributed by atoms with Gasteiger partial charge in [-0.15, -0.1) is 0 Å². The van der Waals surface area contributed by atoms with Gasteiger partial charge in [0.05, 0.1) is 16.6 Å². The molecular weight excluding hydrogens is 252 g/mol. The summed E-state index contributed by atoms with van der Waals surface area (Å²) >= 11 is 0. The fourth-order valence-corrected chi connectivity index (χ4v) is 2.28. The quantitative estimate of drug-likeness (QED) is 0.924. The molecule has 1 N–H and O–H groups in total. The molecule has 1 aromatic carbocycles. The molecule has 0 bridgehead atoms. The fourth-order valence-electron chi connectivity index (χ4n) is 2.28. The van der Waals surface area contributed by atoms with Crippen molar-refractivity contribution < 1.29 is 9.90 Å². The number of carboxylic acid groups (broad SMARTS) is 1. The zero-order valence-electron chi connectivity index (χ0n) is 12.6. The number of carboxylic acids is 1. The van der Waals surface area contributed by atoms with E-state index in [9.17, 15) is 4.79 Å². The van der Waals surface area contributed by atoms with Gasteiger partial charge in [-0.2, -0.15) is 0 Å². The Labute approximate surface area is 119 Å². The van der Waals surface area contributed by atoms with Crippen LogP contribution in [0.25, 0.3) is 11.0 Å². The van der Waals surface area contributed by atoms with E-state index in [-0.39, 0.29) is 5.41 Å². The Hall–Kier alpha value is -1.84. The maximum absolute atomic E-state index is 11.0. The molecule has 108 valence electrons. The highest BCUT2D eigenvalue weighted by Crippen LogP contribution is 2.24. The Morgan fingerprint density at radius 3 is 2.60 bits per heavy atom. The molecule has 0 amide bonds. The summed E-state index contributed by atoms with van der Waals surface area (Å²) in [4.78, 5) is 15.6. The molecule has 0 saturated carbocycles. The summed E-state index contributed by atoms with van der Waals surface area (Å²) in [6, 6.07) is 5.18. The van der Waals surface area contributed by atoms with Crippen molar-refractivity contribution in [1.29, 1.82) is 0 Å². The van der Waals surface area contributed by atoms with E-state index in [0.29, 0.717) is 5.56 Å². The van der Waals surface area contributed by atoms with Crippen molar-refractivity contribution >= 4 is 17.0 Å². The Balaban J connectivity index is 2.44. The number of aromatic nitrogens is 2. The maximum atomic E-state index is 11.0. The number of aryl methyl sites for hydroxylation is 2. The lowest BCUT2D eigenvalue weighted by atomic mass is 9.92. The minimum atomic E-state index is -0.908. The van der Waals surface area contributed by atoms with Crippen molar-refractivity contribution in [3.8, 4) is 0 Å². The molecular formula is C16H22N2O2. The molecule has 0 spiro atoms. The lowest BCUT2D eigenvalue weighted by molar-refractivity contribution is 0.0697. The van der Waals surface area contributed by atoms with Gasteiger partial charge in [-0.25, -0.2) is 9.78 Å². The molecule has 0 aliphatic rings. The second kappa shape index (κ2) is 5.27. The van der Waals surface area contributed by atoms with Crippen molar-refractivity contribution in [2.75, 3.05) is 0 Å². The second-order valence-electron chi connectivity index (χ2n) is 6.35. The number of nitrogens with zero attached hydrogens (tertiary/aromatic N) is 2. The topological polar surface area (TPSA) is 55.1 Å². The molecule has 20 heavy (non-hydrogen) atoms. The molecule has 4 heteroatoms. The highest BCUT2D eigenvalue weighted by Gasteiger charge is 2.15. The van der Waals surface area contributed by atoms with E-state index in [1.807, 2.05) is 6.07 Å². The van der Waals surface area contributed by atoms with Crippen LogP contribution in [0.1, 0.15) is 50.3 Å².